The first-order valence-corrected chi connectivity index (χ1v) is 10.3. The number of fused-ring (bicyclic) bond motifs is 1. The first kappa shape index (κ1) is 17.4. The van der Waals surface area contributed by atoms with Gasteiger partial charge in [0.05, 0.1) is 6.54 Å². The molecule has 4 rings (SSSR count). The number of carbonyl (C=O) groups is 1. The normalized spacial score (nSPS) is 21.3. The van der Waals surface area contributed by atoms with Gasteiger partial charge in [-0.1, -0.05) is 18.2 Å². The van der Waals surface area contributed by atoms with Crippen molar-refractivity contribution >= 4 is 17.7 Å². The summed E-state index contributed by atoms with van der Waals surface area (Å²) in [5.41, 5.74) is 3.61. The fourth-order valence-electron chi connectivity index (χ4n) is 3.51. The molecular weight excluding hydrogens is 346 g/mol. The smallest absolute Gasteiger partial charge is 0.249 e. The monoisotopic (exact) mass is 369 g/mol. The third kappa shape index (κ3) is 3.74. The summed E-state index contributed by atoms with van der Waals surface area (Å²) in [4.78, 5) is 13.3. The Morgan fingerprint density at radius 3 is 2.73 bits per heavy atom. The number of nitrogens with one attached hydrogen (secondary N) is 1. The van der Waals surface area contributed by atoms with E-state index in [9.17, 15) is 4.79 Å². The van der Waals surface area contributed by atoms with Gasteiger partial charge in [-0.25, -0.2) is 0 Å². The van der Waals surface area contributed by atoms with Crippen LogP contribution in [0.25, 0.3) is 11.1 Å². The van der Waals surface area contributed by atoms with Gasteiger partial charge in [0.25, 0.3) is 0 Å². The van der Waals surface area contributed by atoms with Gasteiger partial charge in [-0.2, -0.15) is 0 Å². The molecule has 2 aliphatic rings. The molecule has 1 fully saturated rings. The predicted molar refractivity (Wildman–Crippen MR) is 104 cm³/mol. The largest absolute Gasteiger partial charge is 0.488 e. The molecule has 0 aromatic heterocycles. The zero-order chi connectivity index (χ0) is 17.9. The average molecular weight is 369 g/mol. The van der Waals surface area contributed by atoms with Gasteiger partial charge in [0, 0.05) is 17.9 Å². The van der Waals surface area contributed by atoms with Gasteiger partial charge in [0.2, 0.25) is 5.91 Å². The highest BCUT2D eigenvalue weighted by atomic mass is 32.2. The second-order valence-corrected chi connectivity index (χ2v) is 7.62. The summed E-state index contributed by atoms with van der Waals surface area (Å²) < 4.78 is 11.4. The summed E-state index contributed by atoms with van der Waals surface area (Å²) in [7, 11) is 0. The van der Waals surface area contributed by atoms with E-state index in [4.69, 9.17) is 9.47 Å². The van der Waals surface area contributed by atoms with E-state index in [-0.39, 0.29) is 18.1 Å². The Morgan fingerprint density at radius 1 is 1.19 bits per heavy atom. The number of carbonyl (C=O) groups excluding carboxylic acids is 1. The van der Waals surface area contributed by atoms with Gasteiger partial charge >= 0.3 is 0 Å². The Labute approximate surface area is 158 Å². The predicted octanol–water partition coefficient (Wildman–Crippen LogP) is 3.67. The topological polar surface area (TPSA) is 47.6 Å². The molecule has 136 valence electrons. The van der Waals surface area contributed by atoms with Crippen LogP contribution in [-0.2, 0) is 16.0 Å². The molecule has 2 heterocycles. The molecule has 0 radical (unpaired) electrons. The second-order valence-electron chi connectivity index (χ2n) is 6.74. The van der Waals surface area contributed by atoms with Gasteiger partial charge in [0.15, 0.2) is 0 Å². The van der Waals surface area contributed by atoms with Crippen molar-refractivity contribution in [3.8, 4) is 16.9 Å². The fourth-order valence-corrected chi connectivity index (χ4v) is 3.92. The van der Waals surface area contributed by atoms with Crippen LogP contribution in [0.2, 0.25) is 0 Å². The molecule has 1 N–H and O–H groups in total. The summed E-state index contributed by atoms with van der Waals surface area (Å²) in [5.74, 6) is 0.905. The van der Waals surface area contributed by atoms with Crippen molar-refractivity contribution in [3.63, 3.8) is 0 Å². The first-order chi connectivity index (χ1) is 12.7. The summed E-state index contributed by atoms with van der Waals surface area (Å²) in [6, 6.07) is 14.9. The first-order valence-electron chi connectivity index (χ1n) is 9.06. The van der Waals surface area contributed by atoms with Gasteiger partial charge < -0.3 is 14.8 Å². The number of ether oxygens (including phenoxy) is 2. The van der Waals surface area contributed by atoms with E-state index in [1.54, 1.807) is 11.8 Å². The molecule has 4 nitrogen and oxygen atoms in total. The number of amides is 1. The minimum Gasteiger partial charge on any atom is -0.488 e. The maximum atomic E-state index is 12.1. The van der Waals surface area contributed by atoms with E-state index in [1.807, 2.05) is 6.07 Å². The zero-order valence-electron chi connectivity index (χ0n) is 14.9. The minimum atomic E-state index is -0.283. The number of rotatable bonds is 5. The third-order valence-electron chi connectivity index (χ3n) is 4.95. The van der Waals surface area contributed by atoms with Crippen LogP contribution in [0.5, 0.6) is 5.75 Å². The van der Waals surface area contributed by atoms with Gasteiger partial charge in [-0.3, -0.25) is 4.79 Å². The molecule has 0 aliphatic carbocycles. The summed E-state index contributed by atoms with van der Waals surface area (Å²) >= 11 is 1.75. The van der Waals surface area contributed by atoms with E-state index in [0.29, 0.717) is 13.2 Å². The molecule has 5 heteroatoms. The van der Waals surface area contributed by atoms with Crippen LogP contribution >= 0.6 is 11.8 Å². The second kappa shape index (κ2) is 7.72. The molecule has 26 heavy (non-hydrogen) atoms. The molecule has 2 aromatic rings. The lowest BCUT2D eigenvalue weighted by atomic mass is 10.0. The van der Waals surface area contributed by atoms with Crippen molar-refractivity contribution in [2.24, 2.45) is 0 Å². The number of hydrogen-bond acceptors (Lipinski definition) is 4. The van der Waals surface area contributed by atoms with Crippen molar-refractivity contribution in [3.05, 3.63) is 48.0 Å². The van der Waals surface area contributed by atoms with Crippen molar-refractivity contribution in [1.29, 1.82) is 0 Å². The molecule has 2 aromatic carbocycles. The van der Waals surface area contributed by atoms with Crippen molar-refractivity contribution in [2.45, 2.75) is 36.4 Å². The molecule has 0 spiro atoms. The fraction of sp³-hybridized carbons (Fsp3) is 0.381. The molecular formula is C21H23NO3S. The lowest BCUT2D eigenvalue weighted by Crippen LogP contribution is -2.40. The standard InChI is InChI=1S/C21H23NO3S/c1-26-18-7-4-14(5-8-18)15-6-9-19-16(11-15)12-17(25-19)13-22-21(23)20-3-2-10-24-20/h4-9,11,17,20H,2-3,10,12-13H2,1H3,(H,22,23)/t17-,20-/m0/s1. The van der Waals surface area contributed by atoms with Crippen LogP contribution in [0.1, 0.15) is 18.4 Å². The van der Waals surface area contributed by atoms with Gasteiger partial charge in [-0.05, 0) is 60.1 Å². The van der Waals surface area contributed by atoms with Crippen molar-refractivity contribution in [1.82, 2.24) is 5.32 Å². The quantitative estimate of drug-likeness (QED) is 0.817. The maximum Gasteiger partial charge on any atom is 0.249 e. The van der Waals surface area contributed by atoms with Crippen LogP contribution in [0.15, 0.2) is 47.4 Å². The Hall–Kier alpha value is -1.98. The molecule has 2 atom stereocenters. The van der Waals surface area contributed by atoms with Crippen LogP contribution in [0, 0.1) is 0 Å². The Kier molecular flexibility index (Phi) is 5.18. The highest BCUT2D eigenvalue weighted by Crippen LogP contribution is 2.33. The summed E-state index contributed by atoms with van der Waals surface area (Å²) in [6.45, 7) is 1.20. The van der Waals surface area contributed by atoms with E-state index >= 15 is 0 Å². The molecule has 2 aliphatic heterocycles. The summed E-state index contributed by atoms with van der Waals surface area (Å²) in [6.07, 6.45) is 4.39. The maximum absolute atomic E-state index is 12.1. The lowest BCUT2D eigenvalue weighted by molar-refractivity contribution is -0.130. The molecule has 0 bridgehead atoms. The van der Waals surface area contributed by atoms with Crippen LogP contribution < -0.4 is 10.1 Å². The number of benzene rings is 2. The third-order valence-corrected chi connectivity index (χ3v) is 5.69. The highest BCUT2D eigenvalue weighted by Gasteiger charge is 2.27. The molecule has 0 unspecified atom stereocenters. The Bertz CT molecular complexity index is 784. The Balaban J connectivity index is 1.38. The van der Waals surface area contributed by atoms with Crippen LogP contribution in [0.3, 0.4) is 0 Å². The van der Waals surface area contributed by atoms with E-state index < -0.39 is 0 Å². The van der Waals surface area contributed by atoms with Crippen molar-refractivity contribution in [2.75, 3.05) is 19.4 Å². The minimum absolute atomic E-state index is 0.00975. The number of hydrogen-bond donors (Lipinski definition) is 1. The van der Waals surface area contributed by atoms with Gasteiger partial charge in [-0.15, -0.1) is 11.8 Å². The Morgan fingerprint density at radius 2 is 2.00 bits per heavy atom. The molecule has 1 amide bonds. The van der Waals surface area contributed by atoms with E-state index in [2.05, 4.69) is 48.0 Å². The molecule has 1 saturated heterocycles. The number of thioether (sulfide) groups is 1. The van der Waals surface area contributed by atoms with E-state index in [0.717, 1.165) is 25.0 Å². The van der Waals surface area contributed by atoms with E-state index in [1.165, 1.54) is 21.6 Å². The van der Waals surface area contributed by atoms with Crippen molar-refractivity contribution < 1.29 is 14.3 Å². The summed E-state index contributed by atoms with van der Waals surface area (Å²) in [5, 5.41) is 2.97. The van der Waals surface area contributed by atoms with Gasteiger partial charge in [0.1, 0.15) is 18.0 Å². The average Bonchev–Trinajstić information content (AvgIpc) is 3.35. The highest BCUT2D eigenvalue weighted by molar-refractivity contribution is 7.98. The zero-order valence-corrected chi connectivity index (χ0v) is 15.7. The molecule has 0 saturated carbocycles. The van der Waals surface area contributed by atoms with Crippen LogP contribution in [0.4, 0.5) is 0 Å². The van der Waals surface area contributed by atoms with Crippen LogP contribution in [-0.4, -0.2) is 37.5 Å². The SMILES string of the molecule is CSc1ccc(-c2ccc3c(c2)C[C@@H](CNC(=O)[C@@H]2CCCO2)O3)cc1. The lowest BCUT2D eigenvalue weighted by Gasteiger charge is -2.14.